The summed E-state index contributed by atoms with van der Waals surface area (Å²) in [4.78, 5) is 8.37. The first-order valence-corrected chi connectivity index (χ1v) is 6.01. The van der Waals surface area contributed by atoms with Gasteiger partial charge in [-0.3, -0.25) is 0 Å². The van der Waals surface area contributed by atoms with E-state index in [0.717, 1.165) is 10.5 Å². The molecule has 82 valence electrons. The number of nitrogens with zero attached hydrogens (tertiary/aromatic N) is 2. The lowest BCUT2D eigenvalue weighted by molar-refractivity contribution is 0.284. The van der Waals surface area contributed by atoms with Gasteiger partial charge in [-0.15, -0.1) is 0 Å². The standard InChI is InChI=1S/C10H15BrN4/c1-6(7-3-2-4-7)13-10-14-8(11)5-9(12)15-10/h5-7H,2-4H2,1H3,(H3,12,13,14,15). The van der Waals surface area contributed by atoms with Crippen LogP contribution in [0, 0.1) is 5.92 Å². The van der Waals surface area contributed by atoms with Crippen LogP contribution in [0.15, 0.2) is 10.7 Å². The molecule has 0 spiro atoms. The van der Waals surface area contributed by atoms with Gasteiger partial charge in [0.2, 0.25) is 5.95 Å². The van der Waals surface area contributed by atoms with E-state index in [9.17, 15) is 0 Å². The molecule has 1 unspecified atom stereocenters. The van der Waals surface area contributed by atoms with Crippen LogP contribution in [0.1, 0.15) is 26.2 Å². The summed E-state index contributed by atoms with van der Waals surface area (Å²) in [6.45, 7) is 2.17. The third-order valence-electron chi connectivity index (χ3n) is 2.93. The molecule has 1 fully saturated rings. The van der Waals surface area contributed by atoms with Crippen molar-refractivity contribution >= 4 is 27.7 Å². The number of nitrogen functional groups attached to an aromatic ring is 1. The highest BCUT2D eigenvalue weighted by molar-refractivity contribution is 9.10. The van der Waals surface area contributed by atoms with E-state index in [-0.39, 0.29) is 0 Å². The van der Waals surface area contributed by atoms with E-state index < -0.39 is 0 Å². The van der Waals surface area contributed by atoms with Crippen molar-refractivity contribution in [2.24, 2.45) is 5.92 Å². The Morgan fingerprint density at radius 2 is 2.27 bits per heavy atom. The van der Waals surface area contributed by atoms with Crippen LogP contribution < -0.4 is 11.1 Å². The fraction of sp³-hybridized carbons (Fsp3) is 0.600. The van der Waals surface area contributed by atoms with E-state index in [2.05, 4.69) is 38.1 Å². The number of nitrogens with two attached hydrogens (primary N) is 1. The summed E-state index contributed by atoms with van der Waals surface area (Å²) in [5, 5.41) is 3.29. The lowest BCUT2D eigenvalue weighted by atomic mass is 9.80. The van der Waals surface area contributed by atoms with Crippen molar-refractivity contribution < 1.29 is 0 Å². The maximum atomic E-state index is 5.64. The maximum absolute atomic E-state index is 5.64. The first kappa shape index (κ1) is 10.7. The minimum Gasteiger partial charge on any atom is -0.383 e. The van der Waals surface area contributed by atoms with Gasteiger partial charge < -0.3 is 11.1 Å². The monoisotopic (exact) mass is 270 g/mol. The third-order valence-corrected chi connectivity index (χ3v) is 3.33. The summed E-state index contributed by atoms with van der Waals surface area (Å²) in [5.41, 5.74) is 5.64. The van der Waals surface area contributed by atoms with Crippen molar-refractivity contribution in [1.82, 2.24) is 9.97 Å². The Balaban J connectivity index is 2.02. The van der Waals surface area contributed by atoms with Crippen molar-refractivity contribution in [2.45, 2.75) is 32.2 Å². The van der Waals surface area contributed by atoms with Gasteiger partial charge in [-0.1, -0.05) is 6.42 Å². The molecular weight excluding hydrogens is 256 g/mol. The number of rotatable bonds is 3. The first-order valence-electron chi connectivity index (χ1n) is 5.22. The minimum absolute atomic E-state index is 0.424. The average Bonchev–Trinajstić information content (AvgIpc) is 1.96. The van der Waals surface area contributed by atoms with E-state index in [1.165, 1.54) is 19.3 Å². The van der Waals surface area contributed by atoms with Crippen LogP contribution in [0.5, 0.6) is 0 Å². The quantitative estimate of drug-likeness (QED) is 0.829. The van der Waals surface area contributed by atoms with E-state index in [4.69, 9.17) is 5.73 Å². The SMILES string of the molecule is CC(Nc1nc(N)cc(Br)n1)C1CCC1. The molecule has 2 rings (SSSR count). The van der Waals surface area contributed by atoms with Crippen LogP contribution in [0.25, 0.3) is 0 Å². The molecule has 0 radical (unpaired) electrons. The fourth-order valence-electron chi connectivity index (χ4n) is 1.76. The van der Waals surface area contributed by atoms with Gasteiger partial charge in [0.05, 0.1) is 0 Å². The summed E-state index contributed by atoms with van der Waals surface area (Å²) in [6.07, 6.45) is 3.95. The Morgan fingerprint density at radius 1 is 1.53 bits per heavy atom. The highest BCUT2D eigenvalue weighted by Crippen LogP contribution is 2.30. The van der Waals surface area contributed by atoms with Crippen molar-refractivity contribution in [2.75, 3.05) is 11.1 Å². The second kappa shape index (κ2) is 4.35. The lowest BCUT2D eigenvalue weighted by Crippen LogP contribution is -2.31. The van der Waals surface area contributed by atoms with Crippen LogP contribution in [-0.2, 0) is 0 Å². The lowest BCUT2D eigenvalue weighted by Gasteiger charge is -2.31. The van der Waals surface area contributed by atoms with Gasteiger partial charge in [0.15, 0.2) is 0 Å². The maximum Gasteiger partial charge on any atom is 0.225 e. The van der Waals surface area contributed by atoms with Gasteiger partial charge in [-0.2, -0.15) is 4.98 Å². The summed E-state index contributed by atoms with van der Waals surface area (Å²) in [5.74, 6) is 1.86. The Hall–Kier alpha value is -0.840. The normalized spacial score (nSPS) is 18.3. The Kier molecular flexibility index (Phi) is 3.09. The Labute approximate surface area is 97.8 Å². The molecule has 0 bridgehead atoms. The predicted molar refractivity (Wildman–Crippen MR) is 64.6 cm³/mol. The van der Waals surface area contributed by atoms with Crippen molar-refractivity contribution in [3.8, 4) is 0 Å². The van der Waals surface area contributed by atoms with Gasteiger partial charge in [0, 0.05) is 12.1 Å². The molecule has 1 atom stereocenters. The number of hydrogen-bond acceptors (Lipinski definition) is 4. The van der Waals surface area contributed by atoms with Crippen molar-refractivity contribution in [1.29, 1.82) is 0 Å². The van der Waals surface area contributed by atoms with Gasteiger partial charge in [-0.25, -0.2) is 4.98 Å². The van der Waals surface area contributed by atoms with Crippen LogP contribution >= 0.6 is 15.9 Å². The molecule has 15 heavy (non-hydrogen) atoms. The molecule has 1 heterocycles. The van der Waals surface area contributed by atoms with E-state index in [1.807, 2.05) is 0 Å². The molecule has 1 aliphatic rings. The highest BCUT2D eigenvalue weighted by Gasteiger charge is 2.24. The number of halogens is 1. The molecule has 1 aromatic rings. The molecule has 0 aromatic carbocycles. The molecule has 3 N–H and O–H groups in total. The molecule has 5 heteroatoms. The van der Waals surface area contributed by atoms with Gasteiger partial charge >= 0.3 is 0 Å². The van der Waals surface area contributed by atoms with E-state index in [0.29, 0.717) is 17.8 Å². The molecular formula is C10H15BrN4. The molecule has 1 aliphatic carbocycles. The summed E-state index contributed by atoms with van der Waals surface area (Å²) in [7, 11) is 0. The fourth-order valence-corrected chi connectivity index (χ4v) is 2.16. The first-order chi connectivity index (χ1) is 7.15. The zero-order valence-corrected chi connectivity index (χ0v) is 10.3. The second-order valence-corrected chi connectivity index (χ2v) is 4.88. The summed E-state index contributed by atoms with van der Waals surface area (Å²) >= 11 is 3.30. The van der Waals surface area contributed by atoms with Crippen LogP contribution in [0.2, 0.25) is 0 Å². The zero-order valence-electron chi connectivity index (χ0n) is 8.70. The van der Waals surface area contributed by atoms with E-state index >= 15 is 0 Å². The number of aromatic nitrogens is 2. The third kappa shape index (κ3) is 2.59. The Bertz CT molecular complexity index is 331. The molecule has 1 saturated carbocycles. The molecule has 0 amide bonds. The highest BCUT2D eigenvalue weighted by atomic mass is 79.9. The van der Waals surface area contributed by atoms with Crippen molar-refractivity contribution in [3.63, 3.8) is 0 Å². The van der Waals surface area contributed by atoms with Gasteiger partial charge in [0.1, 0.15) is 10.4 Å². The van der Waals surface area contributed by atoms with Crippen LogP contribution in [0.3, 0.4) is 0 Å². The molecule has 0 saturated heterocycles. The Morgan fingerprint density at radius 3 is 2.80 bits per heavy atom. The second-order valence-electron chi connectivity index (χ2n) is 4.06. The predicted octanol–water partition coefficient (Wildman–Crippen LogP) is 2.42. The average molecular weight is 271 g/mol. The largest absolute Gasteiger partial charge is 0.383 e. The molecule has 4 nitrogen and oxygen atoms in total. The van der Waals surface area contributed by atoms with Crippen molar-refractivity contribution in [3.05, 3.63) is 10.7 Å². The zero-order chi connectivity index (χ0) is 10.8. The molecule has 1 aromatic heterocycles. The number of anilines is 2. The summed E-state index contributed by atoms with van der Waals surface area (Å²) < 4.78 is 0.721. The topological polar surface area (TPSA) is 63.8 Å². The van der Waals surface area contributed by atoms with Crippen LogP contribution in [0.4, 0.5) is 11.8 Å². The molecule has 0 aliphatic heterocycles. The number of hydrogen-bond donors (Lipinski definition) is 2. The van der Waals surface area contributed by atoms with E-state index in [1.54, 1.807) is 6.07 Å². The smallest absolute Gasteiger partial charge is 0.225 e. The number of nitrogens with one attached hydrogen (secondary N) is 1. The van der Waals surface area contributed by atoms with Crippen LogP contribution in [-0.4, -0.2) is 16.0 Å². The minimum atomic E-state index is 0.424. The van der Waals surface area contributed by atoms with Gasteiger partial charge in [-0.05, 0) is 41.6 Å². The summed E-state index contributed by atoms with van der Waals surface area (Å²) in [6, 6.07) is 2.12. The van der Waals surface area contributed by atoms with Gasteiger partial charge in [0.25, 0.3) is 0 Å².